The van der Waals surface area contributed by atoms with Crippen molar-refractivity contribution in [3.8, 4) is 0 Å². The molecule has 0 radical (unpaired) electrons. The first-order valence-corrected chi connectivity index (χ1v) is 4.02. The molecule has 0 spiro atoms. The molecule has 0 saturated carbocycles. The molecule has 11 heavy (non-hydrogen) atoms. The summed E-state index contributed by atoms with van der Waals surface area (Å²) in [5, 5.41) is 2.89. The molecule has 0 atom stereocenters. The number of amides is 1. The summed E-state index contributed by atoms with van der Waals surface area (Å²) >= 11 is 0. The average Bonchev–Trinajstić information content (AvgIpc) is 2.04. The zero-order valence-corrected chi connectivity index (χ0v) is 7.61. The molecule has 0 bridgehead atoms. The predicted octanol–water partition coefficient (Wildman–Crippen LogP) is 1.87. The third-order valence-corrected chi connectivity index (χ3v) is 2.17. The minimum atomic E-state index is -0.0869. The van der Waals surface area contributed by atoms with Crippen molar-refractivity contribution in [3.63, 3.8) is 0 Å². The van der Waals surface area contributed by atoms with Crippen molar-refractivity contribution in [1.29, 1.82) is 0 Å². The highest BCUT2D eigenvalue weighted by Crippen LogP contribution is 2.12. The monoisotopic (exact) mass is 155 g/mol. The quantitative estimate of drug-likeness (QED) is 0.617. The number of rotatable bonds is 4. The van der Waals surface area contributed by atoms with Gasteiger partial charge in [0.2, 0.25) is 5.91 Å². The molecule has 1 N–H and O–H groups in total. The van der Waals surface area contributed by atoms with Crippen LogP contribution in [0.5, 0.6) is 0 Å². The van der Waals surface area contributed by atoms with Crippen LogP contribution in [-0.2, 0) is 4.79 Å². The van der Waals surface area contributed by atoms with Gasteiger partial charge in [-0.05, 0) is 25.8 Å². The van der Waals surface area contributed by atoms with E-state index in [-0.39, 0.29) is 11.4 Å². The molecule has 2 heteroatoms. The van der Waals surface area contributed by atoms with Crippen LogP contribution in [0.2, 0.25) is 0 Å². The van der Waals surface area contributed by atoms with Gasteiger partial charge in [0, 0.05) is 5.54 Å². The topological polar surface area (TPSA) is 29.1 Å². The third-order valence-electron chi connectivity index (χ3n) is 2.17. The lowest BCUT2D eigenvalue weighted by Gasteiger charge is -2.27. The van der Waals surface area contributed by atoms with Crippen LogP contribution in [0.25, 0.3) is 0 Å². The third kappa shape index (κ3) is 3.21. The Labute approximate surface area is 68.7 Å². The lowest BCUT2D eigenvalue weighted by atomic mass is 9.95. The first-order chi connectivity index (χ1) is 5.08. The predicted molar refractivity (Wildman–Crippen MR) is 47.3 cm³/mol. The Hall–Kier alpha value is -0.790. The highest BCUT2D eigenvalue weighted by atomic mass is 16.1. The van der Waals surface area contributed by atoms with E-state index >= 15 is 0 Å². The fourth-order valence-corrected chi connectivity index (χ4v) is 0.775. The molecule has 64 valence electrons. The van der Waals surface area contributed by atoms with Crippen LogP contribution >= 0.6 is 0 Å². The van der Waals surface area contributed by atoms with Crippen molar-refractivity contribution in [2.45, 2.75) is 39.2 Å². The summed E-state index contributed by atoms with van der Waals surface area (Å²) in [6.07, 6.45) is 3.20. The second kappa shape index (κ2) is 4.16. The maximum absolute atomic E-state index is 10.9. The van der Waals surface area contributed by atoms with Gasteiger partial charge < -0.3 is 5.32 Å². The second-order valence-corrected chi connectivity index (χ2v) is 2.96. The summed E-state index contributed by atoms with van der Waals surface area (Å²) in [6.45, 7) is 9.56. The standard InChI is InChI=1S/C9H17NO/c1-5-8(11)10-9(4,6-2)7-3/h5H,1,6-7H2,2-4H3,(H,10,11). The van der Waals surface area contributed by atoms with Gasteiger partial charge in [0.1, 0.15) is 0 Å². The largest absolute Gasteiger partial charge is 0.347 e. The molecule has 0 fully saturated rings. The van der Waals surface area contributed by atoms with Gasteiger partial charge in [0.15, 0.2) is 0 Å². The van der Waals surface area contributed by atoms with Gasteiger partial charge >= 0.3 is 0 Å². The summed E-state index contributed by atoms with van der Waals surface area (Å²) in [5.41, 5.74) is -0.0642. The first kappa shape index (κ1) is 10.2. The average molecular weight is 155 g/mol. The van der Waals surface area contributed by atoms with Crippen molar-refractivity contribution in [2.75, 3.05) is 0 Å². The Morgan fingerprint density at radius 3 is 2.27 bits per heavy atom. The van der Waals surface area contributed by atoms with E-state index in [1.54, 1.807) is 0 Å². The Morgan fingerprint density at radius 1 is 1.55 bits per heavy atom. The zero-order valence-electron chi connectivity index (χ0n) is 7.61. The molecular formula is C9H17NO. The summed E-state index contributed by atoms with van der Waals surface area (Å²) < 4.78 is 0. The number of nitrogens with one attached hydrogen (secondary N) is 1. The van der Waals surface area contributed by atoms with E-state index in [9.17, 15) is 4.79 Å². The molecule has 1 amide bonds. The smallest absolute Gasteiger partial charge is 0.243 e. The van der Waals surface area contributed by atoms with E-state index < -0.39 is 0 Å². The van der Waals surface area contributed by atoms with Crippen molar-refractivity contribution in [1.82, 2.24) is 5.32 Å². The highest BCUT2D eigenvalue weighted by Gasteiger charge is 2.19. The molecular weight excluding hydrogens is 138 g/mol. The van der Waals surface area contributed by atoms with Gasteiger partial charge in [-0.1, -0.05) is 20.4 Å². The molecule has 0 heterocycles. The first-order valence-electron chi connectivity index (χ1n) is 4.02. The summed E-state index contributed by atoms with van der Waals surface area (Å²) in [4.78, 5) is 10.9. The number of carbonyl (C=O) groups is 1. The van der Waals surface area contributed by atoms with Crippen molar-refractivity contribution in [2.24, 2.45) is 0 Å². The van der Waals surface area contributed by atoms with Crippen molar-refractivity contribution in [3.05, 3.63) is 12.7 Å². The SMILES string of the molecule is C=CC(=O)NC(C)(CC)CC. The van der Waals surface area contributed by atoms with Crippen molar-refractivity contribution >= 4 is 5.91 Å². The molecule has 0 aromatic carbocycles. The maximum Gasteiger partial charge on any atom is 0.243 e. The van der Waals surface area contributed by atoms with Crippen LogP contribution in [0, 0.1) is 0 Å². The van der Waals surface area contributed by atoms with Gasteiger partial charge in [-0.3, -0.25) is 4.79 Å². The molecule has 0 rings (SSSR count). The van der Waals surface area contributed by atoms with Crippen LogP contribution in [0.3, 0.4) is 0 Å². The van der Waals surface area contributed by atoms with E-state index in [0.29, 0.717) is 0 Å². The molecule has 0 aliphatic rings. The van der Waals surface area contributed by atoms with Gasteiger partial charge in [-0.15, -0.1) is 0 Å². The van der Waals surface area contributed by atoms with E-state index in [1.807, 2.05) is 6.92 Å². The minimum Gasteiger partial charge on any atom is -0.347 e. The van der Waals surface area contributed by atoms with E-state index in [2.05, 4.69) is 25.7 Å². The van der Waals surface area contributed by atoms with E-state index in [4.69, 9.17) is 0 Å². The maximum atomic E-state index is 10.9. The Bertz CT molecular complexity index is 148. The summed E-state index contributed by atoms with van der Waals surface area (Å²) in [5.74, 6) is -0.0869. The van der Waals surface area contributed by atoms with Gasteiger partial charge in [0.05, 0.1) is 0 Å². The number of hydrogen-bond acceptors (Lipinski definition) is 1. The van der Waals surface area contributed by atoms with Crippen LogP contribution in [-0.4, -0.2) is 11.4 Å². The van der Waals surface area contributed by atoms with Crippen LogP contribution in [0.15, 0.2) is 12.7 Å². The number of carbonyl (C=O) groups excluding carboxylic acids is 1. The van der Waals surface area contributed by atoms with Gasteiger partial charge in [0.25, 0.3) is 0 Å². The van der Waals surface area contributed by atoms with Gasteiger partial charge in [-0.25, -0.2) is 0 Å². The van der Waals surface area contributed by atoms with Crippen LogP contribution in [0.1, 0.15) is 33.6 Å². The fraction of sp³-hybridized carbons (Fsp3) is 0.667. The molecule has 0 unspecified atom stereocenters. The lowest BCUT2D eigenvalue weighted by Crippen LogP contribution is -2.44. The van der Waals surface area contributed by atoms with Crippen LogP contribution in [0.4, 0.5) is 0 Å². The molecule has 0 aliphatic carbocycles. The molecule has 2 nitrogen and oxygen atoms in total. The lowest BCUT2D eigenvalue weighted by molar-refractivity contribution is -0.118. The molecule has 0 aromatic rings. The summed E-state index contributed by atoms with van der Waals surface area (Å²) in [7, 11) is 0. The Balaban J connectivity index is 4.06. The summed E-state index contributed by atoms with van der Waals surface area (Å²) in [6, 6.07) is 0. The van der Waals surface area contributed by atoms with Crippen molar-refractivity contribution < 1.29 is 4.79 Å². The second-order valence-electron chi connectivity index (χ2n) is 2.96. The highest BCUT2D eigenvalue weighted by molar-refractivity contribution is 5.87. The van der Waals surface area contributed by atoms with Gasteiger partial charge in [-0.2, -0.15) is 0 Å². The zero-order chi connectivity index (χ0) is 8.91. The molecule has 0 saturated heterocycles. The fourth-order valence-electron chi connectivity index (χ4n) is 0.775. The Kier molecular flexibility index (Phi) is 3.86. The Morgan fingerprint density at radius 2 is 2.00 bits per heavy atom. The van der Waals surface area contributed by atoms with E-state index in [1.165, 1.54) is 6.08 Å². The normalized spacial score (nSPS) is 10.8. The molecule has 0 aliphatic heterocycles. The minimum absolute atomic E-state index is 0.0642. The number of hydrogen-bond donors (Lipinski definition) is 1. The van der Waals surface area contributed by atoms with Crippen LogP contribution < -0.4 is 5.32 Å². The molecule has 0 aromatic heterocycles. The van der Waals surface area contributed by atoms with E-state index in [0.717, 1.165) is 12.8 Å².